The molecule has 0 fully saturated rings. The van der Waals surface area contributed by atoms with Gasteiger partial charge >= 0.3 is 0 Å². The lowest BCUT2D eigenvalue weighted by Gasteiger charge is -2.16. The van der Waals surface area contributed by atoms with Crippen LogP contribution in [0.2, 0.25) is 0 Å². The van der Waals surface area contributed by atoms with E-state index in [0.29, 0.717) is 0 Å². The van der Waals surface area contributed by atoms with Gasteiger partial charge in [-0.3, -0.25) is 0 Å². The quantitative estimate of drug-likeness (QED) is 0.615. The molecule has 0 atom stereocenters. The molecule has 0 aliphatic heterocycles. The van der Waals surface area contributed by atoms with E-state index in [9.17, 15) is 0 Å². The molecule has 2 nitrogen and oxygen atoms in total. The van der Waals surface area contributed by atoms with E-state index in [4.69, 9.17) is 5.11 Å². The molecule has 1 aromatic carbocycles. The van der Waals surface area contributed by atoms with Gasteiger partial charge in [0.15, 0.2) is 0 Å². The van der Waals surface area contributed by atoms with E-state index in [-0.39, 0.29) is 6.61 Å². The first-order chi connectivity index (χ1) is 8.76. The molecule has 0 aliphatic rings. The summed E-state index contributed by atoms with van der Waals surface area (Å²) < 4.78 is 0. The molecule has 0 bridgehead atoms. The average Bonchev–Trinajstić information content (AvgIpc) is 2.37. The Bertz CT molecular complexity index is 403. The molecular weight excluding hydrogens is 222 g/mol. The van der Waals surface area contributed by atoms with Crippen LogP contribution >= 0.6 is 0 Å². The normalized spacial score (nSPS) is 10.2. The minimum absolute atomic E-state index is 0.0822. The van der Waals surface area contributed by atoms with Crippen LogP contribution in [0.1, 0.15) is 37.3 Å². The van der Waals surface area contributed by atoms with Crippen LogP contribution in [0.5, 0.6) is 0 Å². The summed E-state index contributed by atoms with van der Waals surface area (Å²) in [6.07, 6.45) is 3.82. The molecule has 0 aliphatic carbocycles. The van der Waals surface area contributed by atoms with Gasteiger partial charge in [-0.05, 0) is 37.7 Å². The first-order valence-corrected chi connectivity index (χ1v) is 6.63. The molecule has 0 saturated heterocycles. The van der Waals surface area contributed by atoms with Crippen LogP contribution in [0, 0.1) is 11.8 Å². The fraction of sp³-hybridized carbons (Fsp3) is 0.500. The Kier molecular flexibility index (Phi) is 7.17. The molecule has 0 spiro atoms. The highest BCUT2D eigenvalue weighted by Crippen LogP contribution is 2.07. The summed E-state index contributed by atoms with van der Waals surface area (Å²) >= 11 is 0. The third-order valence-corrected chi connectivity index (χ3v) is 2.83. The summed E-state index contributed by atoms with van der Waals surface area (Å²) in [6.45, 7) is 4.24. The maximum Gasteiger partial charge on any atom is 0.104 e. The second-order valence-corrected chi connectivity index (χ2v) is 4.61. The van der Waals surface area contributed by atoms with Gasteiger partial charge in [0.1, 0.15) is 6.61 Å². The maximum absolute atomic E-state index is 8.68. The molecule has 1 N–H and O–H groups in total. The predicted octanol–water partition coefficient (Wildman–Crippen LogP) is 2.65. The van der Waals surface area contributed by atoms with Gasteiger partial charge in [0.2, 0.25) is 0 Å². The van der Waals surface area contributed by atoms with E-state index < -0.39 is 0 Å². The van der Waals surface area contributed by atoms with Crippen molar-refractivity contribution in [3.8, 4) is 11.8 Å². The molecule has 0 saturated carbocycles. The van der Waals surface area contributed by atoms with Gasteiger partial charge in [-0.15, -0.1) is 0 Å². The van der Waals surface area contributed by atoms with Crippen LogP contribution in [0.3, 0.4) is 0 Å². The monoisotopic (exact) mass is 245 g/mol. The molecular formula is C16H23NO. The Balaban J connectivity index is 2.50. The summed E-state index contributed by atoms with van der Waals surface area (Å²) in [7, 11) is 2.15. The Hall–Kier alpha value is -1.30. The van der Waals surface area contributed by atoms with Gasteiger partial charge in [0.05, 0.1) is 0 Å². The molecule has 0 heterocycles. The predicted molar refractivity (Wildman–Crippen MR) is 76.3 cm³/mol. The first-order valence-electron chi connectivity index (χ1n) is 6.63. The summed E-state index contributed by atoms with van der Waals surface area (Å²) in [5.74, 6) is 5.62. The van der Waals surface area contributed by atoms with Crippen molar-refractivity contribution in [1.29, 1.82) is 0 Å². The third kappa shape index (κ3) is 5.86. The van der Waals surface area contributed by atoms with E-state index in [1.54, 1.807) is 0 Å². The molecule has 18 heavy (non-hydrogen) atoms. The Labute approximate surface area is 111 Å². The number of hydrogen-bond acceptors (Lipinski definition) is 2. The van der Waals surface area contributed by atoms with Crippen LogP contribution in [0.25, 0.3) is 0 Å². The summed E-state index contributed by atoms with van der Waals surface area (Å²) in [5.41, 5.74) is 2.25. The van der Waals surface area contributed by atoms with Crippen molar-refractivity contribution in [2.75, 3.05) is 20.2 Å². The maximum atomic E-state index is 8.68. The van der Waals surface area contributed by atoms with E-state index in [0.717, 1.165) is 18.7 Å². The molecule has 98 valence electrons. The van der Waals surface area contributed by atoms with Crippen molar-refractivity contribution in [3.63, 3.8) is 0 Å². The van der Waals surface area contributed by atoms with Crippen molar-refractivity contribution in [1.82, 2.24) is 4.90 Å². The number of benzene rings is 1. The van der Waals surface area contributed by atoms with Crippen LogP contribution in [0.4, 0.5) is 0 Å². The summed E-state index contributed by atoms with van der Waals surface area (Å²) in [6, 6.07) is 8.22. The van der Waals surface area contributed by atoms with E-state index in [1.807, 2.05) is 12.1 Å². The molecule has 0 unspecified atom stereocenters. The summed E-state index contributed by atoms with van der Waals surface area (Å²) in [5, 5.41) is 8.68. The minimum Gasteiger partial charge on any atom is -0.384 e. The average molecular weight is 245 g/mol. The van der Waals surface area contributed by atoms with Gasteiger partial charge in [-0.25, -0.2) is 0 Å². The number of aliphatic hydroxyl groups excluding tert-OH is 1. The zero-order valence-electron chi connectivity index (χ0n) is 11.4. The SMILES string of the molecule is CCCCCN(C)Cc1cccc(C#CCO)c1. The number of nitrogens with zero attached hydrogens (tertiary/aromatic N) is 1. The van der Waals surface area contributed by atoms with E-state index in [2.05, 4.69) is 42.8 Å². The lowest BCUT2D eigenvalue weighted by atomic mass is 10.1. The number of unbranched alkanes of at least 4 members (excludes halogenated alkanes) is 2. The van der Waals surface area contributed by atoms with Crippen LogP contribution in [-0.2, 0) is 6.54 Å². The van der Waals surface area contributed by atoms with Gasteiger partial charge < -0.3 is 10.0 Å². The van der Waals surface area contributed by atoms with E-state index >= 15 is 0 Å². The number of rotatable bonds is 6. The van der Waals surface area contributed by atoms with Gasteiger partial charge in [0, 0.05) is 12.1 Å². The second-order valence-electron chi connectivity index (χ2n) is 4.61. The standard InChI is InChI=1S/C16H23NO/c1-3-4-5-11-17(2)14-16-9-6-8-15(13-16)10-7-12-18/h6,8-9,13,18H,3-5,11-12,14H2,1-2H3. The first kappa shape index (κ1) is 14.8. The van der Waals surface area contributed by atoms with Crippen molar-refractivity contribution in [2.24, 2.45) is 0 Å². The second kappa shape index (κ2) is 8.74. The largest absolute Gasteiger partial charge is 0.384 e. The topological polar surface area (TPSA) is 23.5 Å². The van der Waals surface area contributed by atoms with Crippen molar-refractivity contribution in [3.05, 3.63) is 35.4 Å². The molecule has 0 amide bonds. The van der Waals surface area contributed by atoms with Crippen LogP contribution in [0.15, 0.2) is 24.3 Å². The molecule has 0 aromatic heterocycles. The minimum atomic E-state index is -0.0822. The number of aliphatic hydroxyl groups is 1. The lowest BCUT2D eigenvalue weighted by molar-refractivity contribution is 0.318. The van der Waals surface area contributed by atoms with Crippen molar-refractivity contribution >= 4 is 0 Å². The Morgan fingerprint density at radius 2 is 2.11 bits per heavy atom. The fourth-order valence-electron chi connectivity index (χ4n) is 1.91. The highest BCUT2D eigenvalue weighted by atomic mass is 16.2. The van der Waals surface area contributed by atoms with Crippen molar-refractivity contribution < 1.29 is 5.11 Å². The summed E-state index contributed by atoms with van der Waals surface area (Å²) in [4.78, 5) is 2.34. The van der Waals surface area contributed by atoms with E-state index in [1.165, 1.54) is 24.8 Å². The molecule has 1 aromatic rings. The van der Waals surface area contributed by atoms with Crippen LogP contribution in [-0.4, -0.2) is 30.2 Å². The number of hydrogen-bond donors (Lipinski definition) is 1. The highest BCUT2D eigenvalue weighted by Gasteiger charge is 2.00. The Morgan fingerprint density at radius 1 is 1.28 bits per heavy atom. The smallest absolute Gasteiger partial charge is 0.104 e. The highest BCUT2D eigenvalue weighted by molar-refractivity contribution is 5.37. The van der Waals surface area contributed by atoms with Crippen molar-refractivity contribution in [2.45, 2.75) is 32.7 Å². The van der Waals surface area contributed by atoms with Gasteiger partial charge in [-0.1, -0.05) is 43.7 Å². The van der Waals surface area contributed by atoms with Crippen LogP contribution < -0.4 is 0 Å². The van der Waals surface area contributed by atoms with Gasteiger partial charge in [0.25, 0.3) is 0 Å². The molecule has 2 heteroatoms. The van der Waals surface area contributed by atoms with Gasteiger partial charge in [-0.2, -0.15) is 0 Å². The lowest BCUT2D eigenvalue weighted by Crippen LogP contribution is -2.19. The molecule has 0 radical (unpaired) electrons. The Morgan fingerprint density at radius 3 is 2.83 bits per heavy atom. The molecule has 1 rings (SSSR count). The third-order valence-electron chi connectivity index (χ3n) is 2.83. The zero-order valence-corrected chi connectivity index (χ0v) is 11.4. The fourth-order valence-corrected chi connectivity index (χ4v) is 1.91. The zero-order chi connectivity index (χ0) is 13.2.